The summed E-state index contributed by atoms with van der Waals surface area (Å²) < 4.78 is 39.9. The molecule has 0 saturated carbocycles. The molecule has 0 amide bonds. The van der Waals surface area contributed by atoms with Crippen molar-refractivity contribution in [2.24, 2.45) is 0 Å². The minimum absolute atomic E-state index is 0.129. The molecule has 0 N–H and O–H groups in total. The van der Waals surface area contributed by atoms with Gasteiger partial charge < -0.3 is 0 Å². The predicted octanol–water partition coefficient (Wildman–Crippen LogP) is 5.40. The maximum Gasteiger partial charge on any atom is 0.161 e. The first-order valence-electron chi connectivity index (χ1n) is 6.23. The summed E-state index contributed by atoms with van der Waals surface area (Å²) in [4.78, 5) is -0.405. The number of benzene rings is 2. The largest absolute Gasteiger partial charge is 0.207 e. The maximum atomic E-state index is 13.7. The molecule has 2 aromatic rings. The molecule has 4 heteroatoms. The van der Waals surface area contributed by atoms with Crippen molar-refractivity contribution in [1.82, 2.24) is 0 Å². The molecular weight excluding hydrogens is 329 g/mol. The summed E-state index contributed by atoms with van der Waals surface area (Å²) in [6.45, 7) is 3.94. The molecule has 0 fully saturated rings. The molecule has 106 valence electrons. The Hall–Kier alpha value is -1.29. The fourth-order valence-corrected chi connectivity index (χ4v) is 2.80. The number of hydrogen-bond acceptors (Lipinski definition) is 0. The van der Waals surface area contributed by atoms with E-state index in [2.05, 4.69) is 15.9 Å². The second-order valence-corrected chi connectivity index (χ2v) is 5.99. The third kappa shape index (κ3) is 3.23. The van der Waals surface area contributed by atoms with Crippen LogP contribution in [0.2, 0.25) is 0 Å². The first kappa shape index (κ1) is 15.1. The molecule has 0 nitrogen and oxygen atoms in total. The lowest BCUT2D eigenvalue weighted by Crippen LogP contribution is -2.02. The van der Waals surface area contributed by atoms with Gasteiger partial charge >= 0.3 is 0 Å². The Kier molecular flexibility index (Phi) is 4.53. The van der Waals surface area contributed by atoms with Crippen LogP contribution < -0.4 is 0 Å². The van der Waals surface area contributed by atoms with Crippen molar-refractivity contribution in [1.29, 1.82) is 0 Å². The molecular formula is C16H14BrF3. The van der Waals surface area contributed by atoms with E-state index < -0.39 is 22.3 Å². The van der Waals surface area contributed by atoms with Crippen LogP contribution in [0, 0.1) is 31.3 Å². The highest BCUT2D eigenvalue weighted by Gasteiger charge is 2.17. The number of rotatable bonds is 3. The first-order valence-corrected chi connectivity index (χ1v) is 7.14. The van der Waals surface area contributed by atoms with E-state index >= 15 is 0 Å². The zero-order valence-corrected chi connectivity index (χ0v) is 12.8. The highest BCUT2D eigenvalue weighted by atomic mass is 79.9. The minimum atomic E-state index is -1.17. The Balaban J connectivity index is 2.30. The fourth-order valence-electron chi connectivity index (χ4n) is 2.10. The van der Waals surface area contributed by atoms with Crippen LogP contribution in [0.25, 0.3) is 0 Å². The Morgan fingerprint density at radius 1 is 0.950 bits per heavy atom. The summed E-state index contributed by atoms with van der Waals surface area (Å²) in [6.07, 6.45) is 0.509. The molecule has 1 atom stereocenters. The summed E-state index contributed by atoms with van der Waals surface area (Å²) in [5.41, 5.74) is 3.37. The van der Waals surface area contributed by atoms with E-state index in [0.717, 1.165) is 22.8 Å². The van der Waals surface area contributed by atoms with Crippen LogP contribution in [0.15, 0.2) is 30.3 Å². The van der Waals surface area contributed by atoms with Gasteiger partial charge in [-0.15, -0.1) is 0 Å². The van der Waals surface area contributed by atoms with Gasteiger partial charge in [0.15, 0.2) is 11.6 Å². The molecule has 0 saturated heterocycles. The van der Waals surface area contributed by atoms with Gasteiger partial charge in [0.05, 0.1) is 0 Å². The van der Waals surface area contributed by atoms with Gasteiger partial charge in [-0.1, -0.05) is 39.7 Å². The lowest BCUT2D eigenvalue weighted by Gasteiger charge is -2.14. The quantitative estimate of drug-likeness (QED) is 0.517. The maximum absolute atomic E-state index is 13.7. The van der Waals surface area contributed by atoms with E-state index in [1.165, 1.54) is 0 Å². The Labute approximate surface area is 124 Å². The standard InChI is InChI=1S/C16H14BrF3/c1-9-3-4-10(2)11(5-9)6-13(17)12-7-15(19)16(20)8-14(12)18/h3-5,7-8,13H,6H2,1-2H3. The van der Waals surface area contributed by atoms with Crippen LogP contribution in [0.4, 0.5) is 13.2 Å². The number of hydrogen-bond donors (Lipinski definition) is 0. The third-order valence-corrected chi connectivity index (χ3v) is 4.10. The Morgan fingerprint density at radius 3 is 2.30 bits per heavy atom. The smallest absolute Gasteiger partial charge is 0.161 e. The molecule has 0 aliphatic carbocycles. The fraction of sp³-hybridized carbons (Fsp3) is 0.250. The third-order valence-electron chi connectivity index (χ3n) is 3.28. The van der Waals surface area contributed by atoms with Crippen molar-refractivity contribution in [3.8, 4) is 0 Å². The highest BCUT2D eigenvalue weighted by molar-refractivity contribution is 9.09. The van der Waals surface area contributed by atoms with Crippen LogP contribution in [0.1, 0.15) is 27.1 Å². The van der Waals surface area contributed by atoms with E-state index in [9.17, 15) is 13.2 Å². The number of aryl methyl sites for hydroxylation is 2. The SMILES string of the molecule is Cc1ccc(C)c(CC(Br)c2cc(F)c(F)cc2F)c1. The van der Waals surface area contributed by atoms with Crippen molar-refractivity contribution < 1.29 is 13.2 Å². The van der Waals surface area contributed by atoms with Crippen LogP contribution in [0.3, 0.4) is 0 Å². The molecule has 20 heavy (non-hydrogen) atoms. The van der Waals surface area contributed by atoms with Crippen LogP contribution in [-0.4, -0.2) is 0 Å². The monoisotopic (exact) mass is 342 g/mol. The summed E-state index contributed by atoms with van der Waals surface area (Å²) in [5, 5.41) is 0. The summed E-state index contributed by atoms with van der Waals surface area (Å²) in [7, 11) is 0. The molecule has 0 aromatic heterocycles. The summed E-state index contributed by atoms with van der Waals surface area (Å²) in [6, 6.07) is 7.50. The second-order valence-electron chi connectivity index (χ2n) is 4.89. The van der Waals surface area contributed by atoms with E-state index in [0.29, 0.717) is 12.5 Å². The Bertz CT molecular complexity index is 638. The molecule has 2 aromatic carbocycles. The van der Waals surface area contributed by atoms with Gasteiger partial charge in [0, 0.05) is 16.5 Å². The van der Waals surface area contributed by atoms with Crippen molar-refractivity contribution in [2.75, 3.05) is 0 Å². The lowest BCUT2D eigenvalue weighted by molar-refractivity contribution is 0.489. The zero-order valence-electron chi connectivity index (χ0n) is 11.2. The molecule has 0 radical (unpaired) electrons. The highest BCUT2D eigenvalue weighted by Crippen LogP contribution is 2.31. The van der Waals surface area contributed by atoms with E-state index in [-0.39, 0.29) is 5.56 Å². The predicted molar refractivity (Wildman–Crippen MR) is 77.6 cm³/mol. The average Bonchev–Trinajstić information content (AvgIpc) is 2.38. The minimum Gasteiger partial charge on any atom is -0.207 e. The molecule has 1 unspecified atom stereocenters. The van der Waals surface area contributed by atoms with Gasteiger partial charge in [-0.2, -0.15) is 0 Å². The van der Waals surface area contributed by atoms with E-state index in [4.69, 9.17) is 0 Å². The van der Waals surface area contributed by atoms with Crippen LogP contribution in [-0.2, 0) is 6.42 Å². The molecule has 0 spiro atoms. The second kappa shape index (κ2) is 6.00. The average molecular weight is 343 g/mol. The van der Waals surface area contributed by atoms with Crippen LogP contribution in [0.5, 0.6) is 0 Å². The molecule has 0 aliphatic heterocycles. The van der Waals surface area contributed by atoms with Gasteiger partial charge in [0.25, 0.3) is 0 Å². The molecule has 2 rings (SSSR count). The Morgan fingerprint density at radius 2 is 1.60 bits per heavy atom. The van der Waals surface area contributed by atoms with Crippen molar-refractivity contribution in [3.05, 3.63) is 70.0 Å². The van der Waals surface area contributed by atoms with Gasteiger partial charge in [-0.05, 0) is 37.5 Å². The van der Waals surface area contributed by atoms with Gasteiger partial charge in [-0.3, -0.25) is 0 Å². The van der Waals surface area contributed by atoms with E-state index in [1.807, 2.05) is 32.0 Å². The summed E-state index contributed by atoms with van der Waals surface area (Å²) in [5.74, 6) is -2.94. The van der Waals surface area contributed by atoms with Gasteiger partial charge in [0.1, 0.15) is 5.82 Å². The van der Waals surface area contributed by atoms with Crippen molar-refractivity contribution in [2.45, 2.75) is 25.1 Å². The number of alkyl halides is 1. The normalized spacial score (nSPS) is 12.5. The van der Waals surface area contributed by atoms with Crippen LogP contribution >= 0.6 is 15.9 Å². The van der Waals surface area contributed by atoms with E-state index in [1.54, 1.807) is 0 Å². The van der Waals surface area contributed by atoms with Gasteiger partial charge in [-0.25, -0.2) is 13.2 Å². The first-order chi connectivity index (χ1) is 9.38. The zero-order chi connectivity index (χ0) is 14.9. The van der Waals surface area contributed by atoms with Gasteiger partial charge in [0.2, 0.25) is 0 Å². The lowest BCUT2D eigenvalue weighted by atomic mass is 9.98. The molecule has 0 heterocycles. The van der Waals surface area contributed by atoms with Crippen molar-refractivity contribution in [3.63, 3.8) is 0 Å². The summed E-state index contributed by atoms with van der Waals surface area (Å²) >= 11 is 3.36. The molecule has 0 bridgehead atoms. The number of halogens is 4. The van der Waals surface area contributed by atoms with Crippen molar-refractivity contribution >= 4 is 15.9 Å². The molecule has 0 aliphatic rings. The topological polar surface area (TPSA) is 0 Å².